The van der Waals surface area contributed by atoms with Crippen molar-refractivity contribution in [2.45, 2.75) is 12.8 Å². The number of rotatable bonds is 3. The number of benzene rings is 1. The molecule has 0 radical (unpaired) electrons. The van der Waals surface area contributed by atoms with Crippen molar-refractivity contribution in [1.82, 2.24) is 5.32 Å². The lowest BCUT2D eigenvalue weighted by atomic mass is 10.0. The van der Waals surface area contributed by atoms with Crippen LogP contribution in [0.4, 0.5) is 5.69 Å². The number of hydrogen-bond donors (Lipinski definition) is 1. The van der Waals surface area contributed by atoms with Crippen LogP contribution in [0.3, 0.4) is 0 Å². The summed E-state index contributed by atoms with van der Waals surface area (Å²) in [5, 5.41) is 22.8. The molecule has 1 N–H and O–H groups in total. The summed E-state index contributed by atoms with van der Waals surface area (Å²) in [4.78, 5) is 22.3. The second-order valence-corrected chi connectivity index (χ2v) is 4.13. The molecule has 1 aliphatic heterocycles. The number of Topliss-reactive ketones (excluding diaryl/α,β-unsaturated/α-hetero) is 1. The van der Waals surface area contributed by atoms with Gasteiger partial charge in [-0.3, -0.25) is 14.9 Å². The largest absolute Gasteiger partial charge is 0.387 e. The number of nitro groups is 1. The van der Waals surface area contributed by atoms with Gasteiger partial charge in [0.2, 0.25) is 5.78 Å². The topological polar surface area (TPSA) is 96.0 Å². The predicted octanol–water partition coefficient (Wildman–Crippen LogP) is 1.94. The van der Waals surface area contributed by atoms with E-state index in [1.165, 1.54) is 24.3 Å². The Morgan fingerprint density at radius 3 is 2.84 bits per heavy atom. The van der Waals surface area contributed by atoms with Crippen molar-refractivity contribution in [1.29, 1.82) is 5.26 Å². The van der Waals surface area contributed by atoms with E-state index in [0.717, 1.165) is 13.0 Å². The van der Waals surface area contributed by atoms with Gasteiger partial charge in [0.25, 0.3) is 5.69 Å². The highest BCUT2D eigenvalue weighted by atomic mass is 16.6. The van der Waals surface area contributed by atoms with E-state index in [1.54, 1.807) is 0 Å². The maximum Gasteiger partial charge on any atom is 0.270 e. The van der Waals surface area contributed by atoms with Crippen LogP contribution in [-0.2, 0) is 0 Å². The molecule has 19 heavy (non-hydrogen) atoms. The van der Waals surface area contributed by atoms with Crippen molar-refractivity contribution in [2.24, 2.45) is 0 Å². The molecular formula is C13H11N3O3. The minimum absolute atomic E-state index is 0.0398. The van der Waals surface area contributed by atoms with Gasteiger partial charge in [0.05, 0.1) is 4.92 Å². The lowest BCUT2D eigenvalue weighted by molar-refractivity contribution is -0.384. The third-order valence-electron chi connectivity index (χ3n) is 2.90. The number of allylic oxidation sites excluding steroid dienone is 2. The first-order valence-corrected chi connectivity index (χ1v) is 5.79. The Morgan fingerprint density at radius 1 is 1.47 bits per heavy atom. The Hall–Kier alpha value is -2.68. The molecule has 6 nitrogen and oxygen atoms in total. The Labute approximate surface area is 109 Å². The van der Waals surface area contributed by atoms with Crippen molar-refractivity contribution in [2.75, 3.05) is 6.54 Å². The molecule has 0 aromatic heterocycles. The normalized spacial score (nSPS) is 16.4. The number of carbonyl (C=O) groups excluding carboxylic acids is 1. The summed E-state index contributed by atoms with van der Waals surface area (Å²) in [6.07, 6.45) is 1.53. The summed E-state index contributed by atoms with van der Waals surface area (Å²) < 4.78 is 0. The Balaban J connectivity index is 2.39. The van der Waals surface area contributed by atoms with Crippen LogP contribution in [0.1, 0.15) is 23.2 Å². The first-order chi connectivity index (χ1) is 9.13. The average molecular weight is 257 g/mol. The molecule has 1 aromatic rings. The summed E-state index contributed by atoms with van der Waals surface area (Å²) in [7, 11) is 0. The quantitative estimate of drug-likeness (QED) is 0.293. The Morgan fingerprint density at radius 2 is 2.26 bits per heavy atom. The molecule has 1 heterocycles. The Kier molecular flexibility index (Phi) is 3.57. The maximum atomic E-state index is 12.2. The van der Waals surface area contributed by atoms with Gasteiger partial charge in [0, 0.05) is 29.9 Å². The number of nitrogens with one attached hydrogen (secondary N) is 1. The number of non-ortho nitro benzene ring substituents is 1. The lowest BCUT2D eigenvalue weighted by Gasteiger charge is -2.04. The molecule has 0 unspecified atom stereocenters. The summed E-state index contributed by atoms with van der Waals surface area (Å²) in [6, 6.07) is 7.30. The van der Waals surface area contributed by atoms with Crippen LogP contribution in [0, 0.1) is 21.4 Å². The van der Waals surface area contributed by atoms with E-state index in [4.69, 9.17) is 5.26 Å². The van der Waals surface area contributed by atoms with Crippen LogP contribution in [-0.4, -0.2) is 17.3 Å². The number of hydrogen-bond acceptors (Lipinski definition) is 5. The average Bonchev–Trinajstić information content (AvgIpc) is 2.93. The minimum Gasteiger partial charge on any atom is -0.387 e. The number of nitrogens with zero attached hydrogens (tertiary/aromatic N) is 2. The van der Waals surface area contributed by atoms with Crippen molar-refractivity contribution in [3.05, 3.63) is 51.2 Å². The van der Waals surface area contributed by atoms with Gasteiger partial charge in [-0.25, -0.2) is 0 Å². The van der Waals surface area contributed by atoms with Crippen LogP contribution in [0.5, 0.6) is 0 Å². The van der Waals surface area contributed by atoms with Gasteiger partial charge >= 0.3 is 0 Å². The van der Waals surface area contributed by atoms with Crippen molar-refractivity contribution < 1.29 is 9.72 Å². The fourth-order valence-electron chi connectivity index (χ4n) is 1.97. The van der Waals surface area contributed by atoms with E-state index in [2.05, 4.69) is 5.32 Å². The highest BCUT2D eigenvalue weighted by Crippen LogP contribution is 2.20. The molecule has 0 saturated carbocycles. The minimum atomic E-state index is -0.566. The monoisotopic (exact) mass is 257 g/mol. The highest BCUT2D eigenvalue weighted by Gasteiger charge is 2.21. The first-order valence-electron chi connectivity index (χ1n) is 5.79. The van der Waals surface area contributed by atoms with E-state index >= 15 is 0 Å². The molecule has 0 spiro atoms. The zero-order valence-electron chi connectivity index (χ0n) is 10.0. The molecule has 96 valence electrons. The third kappa shape index (κ3) is 2.60. The summed E-state index contributed by atoms with van der Waals surface area (Å²) in [5.41, 5.74) is 0.663. The van der Waals surface area contributed by atoms with Crippen LogP contribution in [0.2, 0.25) is 0 Å². The molecule has 0 amide bonds. The molecule has 0 aliphatic carbocycles. The molecule has 6 heteroatoms. The molecule has 0 bridgehead atoms. The molecule has 1 aromatic carbocycles. The molecular weight excluding hydrogens is 246 g/mol. The zero-order chi connectivity index (χ0) is 13.8. The van der Waals surface area contributed by atoms with Gasteiger partial charge in [-0.05, 0) is 12.8 Å². The van der Waals surface area contributed by atoms with Gasteiger partial charge in [-0.1, -0.05) is 12.1 Å². The van der Waals surface area contributed by atoms with E-state index in [0.29, 0.717) is 12.1 Å². The standard InChI is InChI=1S/C13H11N3O3/c14-8-11(12-5-2-6-15-12)13(17)9-3-1-4-10(7-9)16(18)19/h1,3-4,7,15H,2,5-6H2/b12-11+. The molecule has 1 saturated heterocycles. The molecule has 1 aliphatic rings. The predicted molar refractivity (Wildman–Crippen MR) is 67.3 cm³/mol. The van der Waals surface area contributed by atoms with Crippen LogP contribution in [0.15, 0.2) is 35.5 Å². The lowest BCUT2D eigenvalue weighted by Crippen LogP contribution is -2.12. The summed E-state index contributed by atoms with van der Waals surface area (Å²) >= 11 is 0. The molecule has 1 fully saturated rings. The number of nitriles is 1. The Bertz CT molecular complexity index is 606. The highest BCUT2D eigenvalue weighted by molar-refractivity contribution is 6.12. The van der Waals surface area contributed by atoms with Gasteiger partial charge in [-0.15, -0.1) is 0 Å². The van der Waals surface area contributed by atoms with Gasteiger partial charge in [-0.2, -0.15) is 5.26 Å². The zero-order valence-corrected chi connectivity index (χ0v) is 10.0. The fourth-order valence-corrected chi connectivity index (χ4v) is 1.97. The fraction of sp³-hybridized carbons (Fsp3) is 0.231. The first kappa shape index (κ1) is 12.8. The van der Waals surface area contributed by atoms with Crippen molar-refractivity contribution >= 4 is 11.5 Å². The number of ketones is 1. The van der Waals surface area contributed by atoms with Crippen LogP contribution >= 0.6 is 0 Å². The van der Waals surface area contributed by atoms with Gasteiger partial charge in [0.1, 0.15) is 11.6 Å². The maximum absolute atomic E-state index is 12.2. The van der Waals surface area contributed by atoms with E-state index in [-0.39, 0.29) is 16.8 Å². The number of nitro benzene ring substituents is 1. The number of carbonyl (C=O) groups is 1. The van der Waals surface area contributed by atoms with E-state index in [9.17, 15) is 14.9 Å². The van der Waals surface area contributed by atoms with Crippen LogP contribution in [0.25, 0.3) is 0 Å². The molecule has 2 rings (SSSR count). The SMILES string of the molecule is N#C/C(C(=O)c1cccc([N+](=O)[O-])c1)=C1/CCCN1. The van der Waals surface area contributed by atoms with Crippen molar-refractivity contribution in [3.8, 4) is 6.07 Å². The molecule has 0 atom stereocenters. The summed E-state index contributed by atoms with van der Waals surface area (Å²) in [5.74, 6) is -0.476. The van der Waals surface area contributed by atoms with Gasteiger partial charge in [0.15, 0.2) is 0 Å². The van der Waals surface area contributed by atoms with Crippen LogP contribution < -0.4 is 5.32 Å². The van der Waals surface area contributed by atoms with Crippen molar-refractivity contribution in [3.63, 3.8) is 0 Å². The van der Waals surface area contributed by atoms with E-state index in [1.807, 2.05) is 6.07 Å². The van der Waals surface area contributed by atoms with Gasteiger partial charge < -0.3 is 5.32 Å². The summed E-state index contributed by atoms with van der Waals surface area (Å²) in [6.45, 7) is 0.739. The smallest absolute Gasteiger partial charge is 0.270 e. The second-order valence-electron chi connectivity index (χ2n) is 4.13. The second kappa shape index (κ2) is 5.31. The van der Waals surface area contributed by atoms with E-state index < -0.39 is 10.7 Å². The third-order valence-corrected chi connectivity index (χ3v) is 2.90.